The number of carbonyl (C=O) groups excluding carboxylic acids is 1. The molecule has 1 aliphatic rings. The Balaban J connectivity index is 2.55. The summed E-state index contributed by atoms with van der Waals surface area (Å²) in [6, 6.07) is 5.58. The van der Waals surface area contributed by atoms with Crippen LogP contribution in [0.3, 0.4) is 0 Å². The van der Waals surface area contributed by atoms with E-state index in [0.717, 1.165) is 5.69 Å². The molecule has 1 heterocycles. The zero-order valence-electron chi connectivity index (χ0n) is 7.30. The van der Waals surface area contributed by atoms with E-state index in [1.165, 1.54) is 0 Å². The Morgan fingerprint density at radius 2 is 2.31 bits per heavy atom. The number of para-hydroxylation sites is 1. The van der Waals surface area contributed by atoms with Crippen molar-refractivity contribution < 1.29 is 4.79 Å². The zero-order valence-corrected chi connectivity index (χ0v) is 8.06. The van der Waals surface area contributed by atoms with E-state index in [0.29, 0.717) is 17.0 Å². The molecule has 0 saturated carbocycles. The Labute approximate surface area is 81.9 Å². The maximum Gasteiger partial charge on any atom is 0.167 e. The number of carbonyl (C=O) groups is 1. The molecule has 0 aromatic heterocycles. The fraction of sp³-hybridized carbons (Fsp3) is 0.300. The van der Waals surface area contributed by atoms with Crippen molar-refractivity contribution in [2.75, 3.05) is 5.32 Å². The van der Waals surface area contributed by atoms with Crippen molar-refractivity contribution in [3.05, 3.63) is 28.8 Å². The highest BCUT2D eigenvalue weighted by Crippen LogP contribution is 2.31. The van der Waals surface area contributed by atoms with E-state index in [1.807, 2.05) is 13.0 Å². The van der Waals surface area contributed by atoms with Crippen LogP contribution in [0.2, 0.25) is 5.02 Å². The molecule has 3 heteroatoms. The van der Waals surface area contributed by atoms with Crippen LogP contribution in [0.25, 0.3) is 0 Å². The molecule has 1 unspecified atom stereocenters. The molecular formula is C10H10ClNO. The molecule has 68 valence electrons. The molecule has 2 nitrogen and oxygen atoms in total. The lowest BCUT2D eigenvalue weighted by Gasteiger charge is -2.23. The third-order valence-electron chi connectivity index (χ3n) is 2.20. The number of hydrogen-bond donors (Lipinski definition) is 1. The lowest BCUT2D eigenvalue weighted by Crippen LogP contribution is -2.26. The Hall–Kier alpha value is -1.02. The molecule has 1 aromatic rings. The monoisotopic (exact) mass is 195 g/mol. The summed E-state index contributed by atoms with van der Waals surface area (Å²) in [5.74, 6) is 0.170. The van der Waals surface area contributed by atoms with E-state index < -0.39 is 0 Å². The molecule has 1 aliphatic heterocycles. The molecule has 1 atom stereocenters. The van der Waals surface area contributed by atoms with Gasteiger partial charge in [0.25, 0.3) is 0 Å². The smallest absolute Gasteiger partial charge is 0.167 e. The quantitative estimate of drug-likeness (QED) is 0.690. The zero-order chi connectivity index (χ0) is 9.42. The van der Waals surface area contributed by atoms with E-state index in [2.05, 4.69) is 5.32 Å². The van der Waals surface area contributed by atoms with Crippen molar-refractivity contribution >= 4 is 23.1 Å². The van der Waals surface area contributed by atoms with Crippen molar-refractivity contribution in [1.29, 1.82) is 0 Å². The number of fused-ring (bicyclic) bond motifs is 1. The Kier molecular flexibility index (Phi) is 2.00. The molecule has 0 amide bonds. The van der Waals surface area contributed by atoms with Crippen molar-refractivity contribution in [3.63, 3.8) is 0 Å². The second-order valence-corrected chi connectivity index (χ2v) is 3.74. The minimum Gasteiger partial charge on any atom is -0.380 e. The lowest BCUT2D eigenvalue weighted by atomic mass is 9.98. The number of Topliss-reactive ketones (excluding diaryl/α,β-unsaturated/α-hetero) is 1. The molecule has 0 saturated heterocycles. The highest BCUT2D eigenvalue weighted by atomic mass is 35.5. The van der Waals surface area contributed by atoms with Gasteiger partial charge in [-0.2, -0.15) is 0 Å². The number of benzene rings is 1. The first kappa shape index (κ1) is 8.57. The molecule has 0 aliphatic carbocycles. The minimum atomic E-state index is 0.170. The summed E-state index contributed by atoms with van der Waals surface area (Å²) in [6.45, 7) is 1.98. The van der Waals surface area contributed by atoms with Crippen molar-refractivity contribution in [2.45, 2.75) is 19.4 Å². The summed E-state index contributed by atoms with van der Waals surface area (Å²) in [4.78, 5) is 11.5. The van der Waals surface area contributed by atoms with Gasteiger partial charge in [-0.1, -0.05) is 17.7 Å². The molecule has 0 spiro atoms. The molecular weight excluding hydrogens is 186 g/mol. The van der Waals surface area contributed by atoms with Crippen molar-refractivity contribution in [3.8, 4) is 0 Å². The first-order valence-electron chi connectivity index (χ1n) is 4.26. The van der Waals surface area contributed by atoms with Gasteiger partial charge >= 0.3 is 0 Å². The normalized spacial score (nSPS) is 20.8. The van der Waals surface area contributed by atoms with E-state index in [9.17, 15) is 4.79 Å². The van der Waals surface area contributed by atoms with Crippen molar-refractivity contribution in [2.24, 2.45) is 0 Å². The van der Waals surface area contributed by atoms with Crippen LogP contribution in [0.4, 0.5) is 5.69 Å². The summed E-state index contributed by atoms with van der Waals surface area (Å²) in [6.07, 6.45) is 0.549. The molecule has 13 heavy (non-hydrogen) atoms. The predicted octanol–water partition coefficient (Wildman–Crippen LogP) is 2.73. The molecule has 0 radical (unpaired) electrons. The average Bonchev–Trinajstić information content (AvgIpc) is 2.07. The minimum absolute atomic E-state index is 0.170. The van der Waals surface area contributed by atoms with Gasteiger partial charge in [-0.3, -0.25) is 4.79 Å². The maximum atomic E-state index is 11.5. The highest BCUT2D eigenvalue weighted by molar-refractivity contribution is 6.34. The fourth-order valence-corrected chi connectivity index (χ4v) is 1.82. The van der Waals surface area contributed by atoms with Crippen LogP contribution in [-0.2, 0) is 0 Å². The van der Waals surface area contributed by atoms with E-state index in [4.69, 9.17) is 11.6 Å². The molecule has 0 fully saturated rings. The van der Waals surface area contributed by atoms with Gasteiger partial charge in [-0.25, -0.2) is 0 Å². The van der Waals surface area contributed by atoms with Crippen LogP contribution in [-0.4, -0.2) is 11.8 Å². The topological polar surface area (TPSA) is 29.1 Å². The van der Waals surface area contributed by atoms with E-state index in [-0.39, 0.29) is 11.8 Å². The van der Waals surface area contributed by atoms with Gasteiger partial charge in [0.15, 0.2) is 5.78 Å². The summed E-state index contributed by atoms with van der Waals surface area (Å²) < 4.78 is 0. The second-order valence-electron chi connectivity index (χ2n) is 3.34. The van der Waals surface area contributed by atoms with Gasteiger partial charge in [-0.15, -0.1) is 0 Å². The highest BCUT2D eigenvalue weighted by Gasteiger charge is 2.22. The van der Waals surface area contributed by atoms with Crippen LogP contribution in [0.15, 0.2) is 18.2 Å². The van der Waals surface area contributed by atoms with Crippen LogP contribution in [0.5, 0.6) is 0 Å². The van der Waals surface area contributed by atoms with Crippen LogP contribution in [0.1, 0.15) is 23.7 Å². The molecule has 1 N–H and O–H groups in total. The Morgan fingerprint density at radius 1 is 1.54 bits per heavy atom. The average molecular weight is 196 g/mol. The third kappa shape index (κ3) is 1.42. The Bertz CT molecular complexity index is 362. The maximum absolute atomic E-state index is 11.5. The van der Waals surface area contributed by atoms with Crippen molar-refractivity contribution in [1.82, 2.24) is 0 Å². The van der Waals surface area contributed by atoms with Crippen LogP contribution >= 0.6 is 11.6 Å². The SMILES string of the molecule is CC1CC(=O)c2cccc(Cl)c2N1. The first-order valence-corrected chi connectivity index (χ1v) is 4.64. The van der Waals surface area contributed by atoms with Gasteiger partial charge < -0.3 is 5.32 Å². The summed E-state index contributed by atoms with van der Waals surface area (Å²) in [7, 11) is 0. The lowest BCUT2D eigenvalue weighted by molar-refractivity contribution is 0.0974. The van der Waals surface area contributed by atoms with E-state index >= 15 is 0 Å². The summed E-state index contributed by atoms with van der Waals surface area (Å²) >= 11 is 5.96. The standard InChI is InChI=1S/C10H10ClNO/c1-6-5-9(13)7-3-2-4-8(11)10(7)12-6/h2-4,6,12H,5H2,1H3. The van der Waals surface area contributed by atoms with Gasteiger partial charge in [0.05, 0.1) is 10.7 Å². The predicted molar refractivity (Wildman–Crippen MR) is 53.5 cm³/mol. The number of hydrogen-bond acceptors (Lipinski definition) is 2. The second kappa shape index (κ2) is 3.04. The number of ketones is 1. The van der Waals surface area contributed by atoms with Gasteiger partial charge in [-0.05, 0) is 19.1 Å². The van der Waals surface area contributed by atoms with Gasteiger partial charge in [0.2, 0.25) is 0 Å². The number of anilines is 1. The van der Waals surface area contributed by atoms with E-state index in [1.54, 1.807) is 12.1 Å². The van der Waals surface area contributed by atoms with Crippen LogP contribution in [0, 0.1) is 0 Å². The van der Waals surface area contributed by atoms with Gasteiger partial charge in [0, 0.05) is 18.0 Å². The summed E-state index contributed by atoms with van der Waals surface area (Å²) in [5, 5.41) is 3.83. The van der Waals surface area contributed by atoms with Gasteiger partial charge in [0.1, 0.15) is 0 Å². The summed E-state index contributed by atoms with van der Waals surface area (Å²) in [5.41, 5.74) is 1.50. The van der Waals surface area contributed by atoms with Crippen LogP contribution < -0.4 is 5.32 Å². The first-order chi connectivity index (χ1) is 6.18. The largest absolute Gasteiger partial charge is 0.380 e. The third-order valence-corrected chi connectivity index (χ3v) is 2.51. The fourth-order valence-electron chi connectivity index (χ4n) is 1.59. The molecule has 2 rings (SSSR count). The number of halogens is 1. The number of nitrogens with one attached hydrogen (secondary N) is 1. The Morgan fingerprint density at radius 3 is 3.08 bits per heavy atom. The number of rotatable bonds is 0. The molecule has 1 aromatic carbocycles. The molecule has 0 bridgehead atoms.